The molecule has 0 aromatic heterocycles. The molecule has 0 aliphatic heterocycles. The lowest BCUT2D eigenvalue weighted by molar-refractivity contribution is 0.0424. The molecule has 1 fully saturated rings. The topological polar surface area (TPSA) is 18.5 Å². The van der Waals surface area contributed by atoms with E-state index in [1.54, 1.807) is 12.1 Å². The van der Waals surface area contributed by atoms with E-state index in [1.807, 2.05) is 0 Å². The molecule has 4 rings (SSSR count). The third-order valence-electron chi connectivity index (χ3n) is 6.61. The van der Waals surface area contributed by atoms with Crippen molar-refractivity contribution in [2.24, 2.45) is 5.92 Å². The van der Waals surface area contributed by atoms with E-state index in [4.69, 9.17) is 9.47 Å². The molecular formula is C28H25F6IO2. The van der Waals surface area contributed by atoms with Gasteiger partial charge in [0, 0.05) is 29.0 Å². The highest BCUT2D eigenvalue weighted by molar-refractivity contribution is 14.1. The van der Waals surface area contributed by atoms with Gasteiger partial charge in [0.05, 0.1) is 18.8 Å². The quantitative estimate of drug-likeness (QED) is 0.102. The lowest BCUT2D eigenvalue weighted by atomic mass is 9.79. The van der Waals surface area contributed by atoms with E-state index in [2.05, 4.69) is 0 Å². The molecule has 0 spiro atoms. The van der Waals surface area contributed by atoms with Crippen molar-refractivity contribution >= 4 is 22.6 Å². The minimum Gasteiger partial charge on any atom is -0.493 e. The number of alkyl halides is 3. The number of hydrogen-bond donors (Lipinski definition) is 0. The number of rotatable bonds is 9. The third-order valence-corrected chi connectivity index (χ3v) is 7.41. The predicted octanol–water partition coefficient (Wildman–Crippen LogP) is 8.70. The Labute approximate surface area is 225 Å². The zero-order chi connectivity index (χ0) is 26.6. The Hall–Kier alpha value is -2.43. The molecule has 2 nitrogen and oxygen atoms in total. The second-order valence-electron chi connectivity index (χ2n) is 9.17. The molecule has 0 N–H and O–H groups in total. The summed E-state index contributed by atoms with van der Waals surface area (Å²) in [6, 6.07) is 12.3. The van der Waals surface area contributed by atoms with Crippen molar-refractivity contribution in [1.82, 2.24) is 0 Å². The van der Waals surface area contributed by atoms with Crippen molar-refractivity contribution in [1.29, 1.82) is 0 Å². The van der Waals surface area contributed by atoms with E-state index >= 15 is 4.39 Å². The molecule has 1 aliphatic rings. The van der Waals surface area contributed by atoms with E-state index in [-0.39, 0.29) is 29.6 Å². The Morgan fingerprint density at radius 3 is 2.03 bits per heavy atom. The van der Waals surface area contributed by atoms with Gasteiger partial charge in [0.15, 0.2) is 17.5 Å². The maximum atomic E-state index is 15.2. The highest BCUT2D eigenvalue weighted by Crippen LogP contribution is 2.39. The van der Waals surface area contributed by atoms with Gasteiger partial charge in [0.2, 0.25) is 0 Å². The molecule has 9 heteroatoms. The summed E-state index contributed by atoms with van der Waals surface area (Å²) in [4.78, 5) is 0. The minimum atomic E-state index is -2.46. The molecule has 0 heterocycles. The first-order chi connectivity index (χ1) is 17.7. The van der Waals surface area contributed by atoms with Gasteiger partial charge in [-0.3, -0.25) is 4.39 Å². The van der Waals surface area contributed by atoms with Gasteiger partial charge in [-0.15, -0.1) is 0 Å². The molecule has 1 aliphatic carbocycles. The maximum Gasteiger partial charge on any atom is 0.328 e. The predicted molar refractivity (Wildman–Crippen MR) is 136 cm³/mol. The van der Waals surface area contributed by atoms with Crippen LogP contribution in [-0.2, 0) is 10.3 Å². The highest BCUT2D eigenvalue weighted by Gasteiger charge is 2.34. The fraction of sp³-hybridized carbons (Fsp3) is 0.357. The van der Waals surface area contributed by atoms with Crippen LogP contribution in [0.3, 0.4) is 0 Å². The van der Waals surface area contributed by atoms with Gasteiger partial charge < -0.3 is 9.47 Å². The standard InChI is InChI=1S/C28H25F6IO2/c29-12-11-17-3-10-23(24(30)13-17)28(34,35)37-22-8-6-21(7-9-22)36-16-18-1-4-19(5-2-18)20-14-25(31)27(33)26(32)15-20/h3,6-10,13-15,18-19H,1-2,4-5,11-12,16H2. The van der Waals surface area contributed by atoms with E-state index in [0.717, 1.165) is 31.0 Å². The Kier molecular flexibility index (Phi) is 8.92. The van der Waals surface area contributed by atoms with Gasteiger partial charge in [-0.1, -0.05) is 6.07 Å². The molecule has 0 amide bonds. The molecule has 37 heavy (non-hydrogen) atoms. The average Bonchev–Trinajstić information content (AvgIpc) is 2.87. The summed E-state index contributed by atoms with van der Waals surface area (Å²) in [6.45, 7) is -0.191. The largest absolute Gasteiger partial charge is 0.493 e. The fourth-order valence-corrected chi connectivity index (χ4v) is 5.25. The first kappa shape index (κ1) is 27.6. The Balaban J connectivity index is 1.28. The van der Waals surface area contributed by atoms with Gasteiger partial charge in [-0.25, -0.2) is 17.6 Å². The zero-order valence-electron chi connectivity index (χ0n) is 19.8. The minimum absolute atomic E-state index is 0.0312. The van der Waals surface area contributed by atoms with Crippen LogP contribution in [0.5, 0.6) is 11.5 Å². The average molecular weight is 634 g/mol. The van der Waals surface area contributed by atoms with Gasteiger partial charge in [-0.2, -0.15) is 4.39 Å². The van der Waals surface area contributed by atoms with Crippen LogP contribution in [0, 0.1) is 29.2 Å². The molecule has 0 saturated heterocycles. The van der Waals surface area contributed by atoms with Crippen molar-refractivity contribution in [2.45, 2.75) is 41.9 Å². The van der Waals surface area contributed by atoms with Gasteiger partial charge in [0.25, 0.3) is 0 Å². The molecule has 1 atom stereocenters. The SMILES string of the molecule is FCCc1ccc(C(F)(I)Oc2ccc(OCC3CCC(c4cc(F)c(F)c(F)c4)CC3)cc2)c(F)c1. The number of ether oxygens (including phenoxy) is 2. The summed E-state index contributed by atoms with van der Waals surface area (Å²) in [5, 5.41) is 0. The first-order valence-corrected chi connectivity index (χ1v) is 13.0. The normalized spacial score (nSPS) is 19.3. The van der Waals surface area contributed by atoms with Crippen LogP contribution in [0.1, 0.15) is 48.3 Å². The summed E-state index contributed by atoms with van der Waals surface area (Å²) in [7, 11) is 0. The zero-order valence-corrected chi connectivity index (χ0v) is 21.9. The molecule has 198 valence electrons. The fourth-order valence-electron chi connectivity index (χ4n) is 4.55. The van der Waals surface area contributed by atoms with Gasteiger partial charge >= 0.3 is 3.86 Å². The van der Waals surface area contributed by atoms with Crippen LogP contribution in [0.2, 0.25) is 0 Å². The summed E-state index contributed by atoms with van der Waals surface area (Å²) in [5.74, 6) is -3.65. The molecule has 0 bridgehead atoms. The highest BCUT2D eigenvalue weighted by atomic mass is 127. The van der Waals surface area contributed by atoms with Crippen molar-refractivity contribution in [2.75, 3.05) is 13.3 Å². The number of benzene rings is 3. The summed E-state index contributed by atoms with van der Waals surface area (Å²) in [6.07, 6.45) is 3.06. The molecular weight excluding hydrogens is 609 g/mol. The van der Waals surface area contributed by atoms with Gasteiger partial charge in [0.1, 0.15) is 17.3 Å². The van der Waals surface area contributed by atoms with Crippen molar-refractivity contribution in [3.8, 4) is 11.5 Å². The Bertz CT molecular complexity index is 1190. The Morgan fingerprint density at radius 2 is 1.43 bits per heavy atom. The van der Waals surface area contributed by atoms with Crippen LogP contribution in [0.15, 0.2) is 54.6 Å². The van der Waals surface area contributed by atoms with E-state index in [9.17, 15) is 22.0 Å². The lowest BCUT2D eigenvalue weighted by Gasteiger charge is -2.29. The number of halogens is 7. The second-order valence-corrected chi connectivity index (χ2v) is 10.6. The molecule has 1 unspecified atom stereocenters. The second kappa shape index (κ2) is 12.0. The summed E-state index contributed by atoms with van der Waals surface area (Å²) < 4.78 is 91.1. The number of hydrogen-bond acceptors (Lipinski definition) is 2. The maximum absolute atomic E-state index is 15.2. The Morgan fingerprint density at radius 1 is 0.811 bits per heavy atom. The molecule has 1 saturated carbocycles. The third kappa shape index (κ3) is 6.91. The van der Waals surface area contributed by atoms with Crippen LogP contribution in [-0.4, -0.2) is 13.3 Å². The first-order valence-electron chi connectivity index (χ1n) is 11.9. The van der Waals surface area contributed by atoms with Crippen LogP contribution < -0.4 is 9.47 Å². The summed E-state index contributed by atoms with van der Waals surface area (Å²) in [5.41, 5.74) is 0.614. The van der Waals surface area contributed by atoms with Crippen molar-refractivity contribution < 1.29 is 35.8 Å². The van der Waals surface area contributed by atoms with E-state index in [1.165, 1.54) is 46.9 Å². The van der Waals surface area contributed by atoms with E-state index in [0.29, 0.717) is 36.3 Å². The summed E-state index contributed by atoms with van der Waals surface area (Å²) >= 11 is 1.37. The van der Waals surface area contributed by atoms with Gasteiger partial charge in [-0.05, 0) is 97.2 Å². The van der Waals surface area contributed by atoms with Crippen molar-refractivity contribution in [3.05, 3.63) is 94.6 Å². The van der Waals surface area contributed by atoms with E-state index < -0.39 is 33.8 Å². The monoisotopic (exact) mass is 634 g/mol. The van der Waals surface area contributed by atoms with Crippen LogP contribution in [0.4, 0.5) is 26.3 Å². The molecule has 3 aromatic carbocycles. The molecule has 0 radical (unpaired) electrons. The van der Waals surface area contributed by atoms with Crippen molar-refractivity contribution in [3.63, 3.8) is 0 Å². The lowest BCUT2D eigenvalue weighted by Crippen LogP contribution is -2.21. The van der Waals surface area contributed by atoms with Crippen LogP contribution >= 0.6 is 22.6 Å². The smallest absolute Gasteiger partial charge is 0.328 e. The molecule has 3 aromatic rings. The number of aryl methyl sites for hydroxylation is 1. The van der Waals surface area contributed by atoms with Crippen LogP contribution in [0.25, 0.3) is 0 Å².